The predicted molar refractivity (Wildman–Crippen MR) is 53.8 cm³/mol. The van der Waals surface area contributed by atoms with E-state index in [0.717, 1.165) is 22.4 Å². The molecule has 0 spiro atoms. The van der Waals surface area contributed by atoms with Crippen molar-refractivity contribution in [2.75, 3.05) is 11.4 Å². The van der Waals surface area contributed by atoms with Gasteiger partial charge in [-0.2, -0.15) is 0 Å². The van der Waals surface area contributed by atoms with Gasteiger partial charge in [0.25, 0.3) is 0 Å². The molecule has 2 rings (SSSR count). The molecule has 0 aromatic carbocycles. The molecule has 0 N–H and O–H groups in total. The van der Waals surface area contributed by atoms with Crippen molar-refractivity contribution in [2.24, 2.45) is 0 Å². The predicted octanol–water partition coefficient (Wildman–Crippen LogP) is 2.42. The van der Waals surface area contributed by atoms with Crippen LogP contribution in [0.4, 0.5) is 5.69 Å². The molecule has 1 aromatic rings. The Hall–Kier alpha value is -0.350. The summed E-state index contributed by atoms with van der Waals surface area (Å²) in [6, 6.07) is 0. The zero-order valence-corrected chi connectivity index (χ0v) is 9.04. The summed E-state index contributed by atoms with van der Waals surface area (Å²) in [4.78, 5) is 13.0. The fourth-order valence-corrected chi connectivity index (χ4v) is 3.05. The highest BCUT2D eigenvalue weighted by Crippen LogP contribution is 2.40. The lowest BCUT2D eigenvalue weighted by molar-refractivity contribution is -0.116. The monoisotopic (exact) mass is 245 g/mol. The van der Waals surface area contributed by atoms with Gasteiger partial charge in [0, 0.05) is 13.5 Å². The second-order valence-electron chi connectivity index (χ2n) is 2.80. The quantitative estimate of drug-likeness (QED) is 0.688. The van der Waals surface area contributed by atoms with Crippen LogP contribution in [0.2, 0.25) is 0 Å². The summed E-state index contributed by atoms with van der Waals surface area (Å²) in [5.74, 6) is 0.132. The van der Waals surface area contributed by atoms with Gasteiger partial charge in [0.1, 0.15) is 0 Å². The zero-order chi connectivity index (χ0) is 8.72. The maximum absolute atomic E-state index is 11.2. The van der Waals surface area contributed by atoms with Gasteiger partial charge in [-0.25, -0.2) is 0 Å². The normalized spacial score (nSPS) is 15.0. The summed E-state index contributed by atoms with van der Waals surface area (Å²) in [6.45, 7) is 2.45. The highest BCUT2D eigenvalue weighted by atomic mass is 79.9. The number of hydrogen-bond donors (Lipinski definition) is 0. The highest BCUT2D eigenvalue weighted by Gasteiger charge is 2.25. The Morgan fingerprint density at radius 3 is 3.17 bits per heavy atom. The smallest absolute Gasteiger partial charge is 0.223 e. The second-order valence-corrected chi connectivity index (χ2v) is 5.00. The number of carbonyl (C=O) groups is 1. The minimum atomic E-state index is 0.132. The summed E-state index contributed by atoms with van der Waals surface area (Å²) in [5, 5.41) is 2.11. The Morgan fingerprint density at radius 2 is 2.50 bits per heavy atom. The van der Waals surface area contributed by atoms with Gasteiger partial charge in [0.05, 0.1) is 9.47 Å². The van der Waals surface area contributed by atoms with Crippen molar-refractivity contribution >= 4 is 38.9 Å². The molecule has 2 heterocycles. The minimum absolute atomic E-state index is 0.132. The van der Waals surface area contributed by atoms with E-state index in [-0.39, 0.29) is 5.91 Å². The van der Waals surface area contributed by atoms with Crippen LogP contribution in [0.3, 0.4) is 0 Å². The highest BCUT2D eigenvalue weighted by molar-refractivity contribution is 9.11. The lowest BCUT2D eigenvalue weighted by atomic mass is 10.3. The van der Waals surface area contributed by atoms with Crippen molar-refractivity contribution in [3.05, 3.63) is 14.7 Å². The molecule has 0 aliphatic carbocycles. The Kier molecular flexibility index (Phi) is 1.96. The van der Waals surface area contributed by atoms with Crippen LogP contribution >= 0.6 is 27.3 Å². The van der Waals surface area contributed by atoms with Crippen LogP contribution < -0.4 is 4.90 Å². The standard InChI is InChI=1S/C8H8BrNOS/c1-5(11)10-3-2-6-4-12-8(9)7(6)10/h4H,2-3H2,1H3. The van der Waals surface area contributed by atoms with Gasteiger partial charge >= 0.3 is 0 Å². The number of carbonyl (C=O) groups excluding carboxylic acids is 1. The number of fused-ring (bicyclic) bond motifs is 1. The number of rotatable bonds is 0. The van der Waals surface area contributed by atoms with Crippen LogP contribution in [0.5, 0.6) is 0 Å². The number of halogens is 1. The van der Waals surface area contributed by atoms with E-state index >= 15 is 0 Å². The third kappa shape index (κ3) is 1.10. The Balaban J connectivity index is 2.46. The molecule has 2 nitrogen and oxygen atoms in total. The summed E-state index contributed by atoms with van der Waals surface area (Å²) in [5.41, 5.74) is 2.38. The van der Waals surface area contributed by atoms with Crippen LogP contribution in [-0.2, 0) is 11.2 Å². The molecule has 4 heteroatoms. The zero-order valence-electron chi connectivity index (χ0n) is 6.63. The average Bonchev–Trinajstić information content (AvgIpc) is 2.53. The van der Waals surface area contributed by atoms with Gasteiger partial charge in [-0.3, -0.25) is 4.79 Å². The number of nitrogens with zero attached hydrogens (tertiary/aromatic N) is 1. The lowest BCUT2D eigenvalue weighted by Crippen LogP contribution is -2.25. The SMILES string of the molecule is CC(=O)N1CCc2csc(Br)c21. The Morgan fingerprint density at radius 1 is 1.75 bits per heavy atom. The number of amides is 1. The first-order valence-electron chi connectivity index (χ1n) is 3.74. The van der Waals surface area contributed by atoms with Crippen molar-refractivity contribution in [3.8, 4) is 0 Å². The van der Waals surface area contributed by atoms with E-state index < -0.39 is 0 Å². The fourth-order valence-electron chi connectivity index (χ4n) is 1.48. The molecule has 1 aromatic heterocycles. The van der Waals surface area contributed by atoms with Gasteiger partial charge in [-0.15, -0.1) is 11.3 Å². The maximum atomic E-state index is 11.2. The van der Waals surface area contributed by atoms with E-state index in [1.165, 1.54) is 5.56 Å². The third-order valence-corrected chi connectivity index (χ3v) is 3.79. The molecule has 1 aliphatic rings. The molecule has 64 valence electrons. The topological polar surface area (TPSA) is 20.3 Å². The molecule has 0 radical (unpaired) electrons. The molecule has 0 saturated carbocycles. The van der Waals surface area contributed by atoms with Crippen molar-refractivity contribution < 1.29 is 4.79 Å². The van der Waals surface area contributed by atoms with Gasteiger partial charge in [0.2, 0.25) is 5.91 Å². The van der Waals surface area contributed by atoms with Crippen LogP contribution in [0, 0.1) is 0 Å². The van der Waals surface area contributed by atoms with Crippen LogP contribution in [0.15, 0.2) is 9.17 Å². The van der Waals surface area contributed by atoms with E-state index in [1.807, 2.05) is 4.90 Å². The second kappa shape index (κ2) is 2.85. The first-order valence-corrected chi connectivity index (χ1v) is 5.41. The minimum Gasteiger partial charge on any atom is -0.310 e. The van der Waals surface area contributed by atoms with E-state index in [1.54, 1.807) is 18.3 Å². The molecule has 0 fully saturated rings. The Bertz CT molecular complexity index is 334. The van der Waals surface area contributed by atoms with E-state index in [2.05, 4.69) is 21.3 Å². The molecular formula is C8H8BrNOS. The molecule has 1 amide bonds. The molecule has 1 aliphatic heterocycles. The maximum Gasteiger partial charge on any atom is 0.223 e. The van der Waals surface area contributed by atoms with Gasteiger partial charge < -0.3 is 4.90 Å². The fraction of sp³-hybridized carbons (Fsp3) is 0.375. The third-order valence-electron chi connectivity index (χ3n) is 2.05. The van der Waals surface area contributed by atoms with Crippen molar-refractivity contribution in [1.82, 2.24) is 0 Å². The van der Waals surface area contributed by atoms with Gasteiger partial charge in [-0.1, -0.05) is 0 Å². The molecular weight excluding hydrogens is 238 g/mol. The molecule has 0 bridgehead atoms. The van der Waals surface area contributed by atoms with Crippen molar-refractivity contribution in [1.29, 1.82) is 0 Å². The van der Waals surface area contributed by atoms with Crippen molar-refractivity contribution in [2.45, 2.75) is 13.3 Å². The summed E-state index contributed by atoms with van der Waals surface area (Å²) >= 11 is 5.10. The summed E-state index contributed by atoms with van der Waals surface area (Å²) < 4.78 is 1.07. The van der Waals surface area contributed by atoms with Crippen LogP contribution in [0.1, 0.15) is 12.5 Å². The summed E-state index contributed by atoms with van der Waals surface area (Å²) in [7, 11) is 0. The van der Waals surface area contributed by atoms with Gasteiger partial charge in [0.15, 0.2) is 0 Å². The molecule has 0 saturated heterocycles. The number of thiophene rings is 1. The largest absolute Gasteiger partial charge is 0.310 e. The molecule has 0 unspecified atom stereocenters. The van der Waals surface area contributed by atoms with E-state index in [9.17, 15) is 4.79 Å². The first kappa shape index (κ1) is 8.26. The molecule has 12 heavy (non-hydrogen) atoms. The average molecular weight is 246 g/mol. The van der Waals surface area contributed by atoms with Crippen LogP contribution in [0.25, 0.3) is 0 Å². The van der Waals surface area contributed by atoms with Crippen molar-refractivity contribution in [3.63, 3.8) is 0 Å². The van der Waals surface area contributed by atoms with E-state index in [0.29, 0.717) is 0 Å². The Labute approximate surface area is 83.3 Å². The van der Waals surface area contributed by atoms with Crippen LogP contribution in [-0.4, -0.2) is 12.5 Å². The lowest BCUT2D eigenvalue weighted by Gasteiger charge is -2.13. The number of anilines is 1. The van der Waals surface area contributed by atoms with E-state index in [4.69, 9.17) is 0 Å². The molecule has 0 atom stereocenters. The number of hydrogen-bond acceptors (Lipinski definition) is 2. The van der Waals surface area contributed by atoms with Gasteiger partial charge in [-0.05, 0) is 33.3 Å². The summed E-state index contributed by atoms with van der Waals surface area (Å²) in [6.07, 6.45) is 0.997. The first-order chi connectivity index (χ1) is 5.70.